The van der Waals surface area contributed by atoms with Crippen molar-refractivity contribution in [3.05, 3.63) is 22.7 Å². The minimum Gasteiger partial charge on any atom is -0.492 e. The Kier molecular flexibility index (Phi) is 8.01. The highest BCUT2D eigenvalue weighted by molar-refractivity contribution is 7.89. The lowest BCUT2D eigenvalue weighted by Crippen LogP contribution is -2.29. The Morgan fingerprint density at radius 1 is 1.19 bits per heavy atom. The molecule has 1 saturated carbocycles. The number of sulfonamides is 1. The van der Waals surface area contributed by atoms with Gasteiger partial charge in [0.05, 0.1) is 24.5 Å². The van der Waals surface area contributed by atoms with Gasteiger partial charge in [-0.25, -0.2) is 17.9 Å². The molecule has 9 nitrogen and oxygen atoms in total. The summed E-state index contributed by atoms with van der Waals surface area (Å²) < 4.78 is 38.6. The Bertz CT molecular complexity index is 920. The predicted molar refractivity (Wildman–Crippen MR) is 116 cm³/mol. The van der Waals surface area contributed by atoms with Crippen LogP contribution in [-0.4, -0.2) is 57.8 Å². The number of benzene rings is 1. The van der Waals surface area contributed by atoms with Gasteiger partial charge in [-0.05, 0) is 37.7 Å². The van der Waals surface area contributed by atoms with Crippen LogP contribution in [0.4, 0.5) is 4.79 Å². The van der Waals surface area contributed by atoms with Crippen LogP contribution in [0, 0.1) is 5.92 Å². The van der Waals surface area contributed by atoms with Crippen LogP contribution < -0.4 is 19.5 Å². The number of carbonyl (C=O) groups is 2. The Morgan fingerprint density at radius 2 is 1.97 bits per heavy atom. The number of hydrogen-bond acceptors (Lipinski definition) is 6. The topological polar surface area (TPSA) is 114 Å². The van der Waals surface area contributed by atoms with Crippen LogP contribution in [0.5, 0.6) is 11.5 Å². The first-order valence-corrected chi connectivity index (χ1v) is 12.4. The van der Waals surface area contributed by atoms with Crippen LogP contribution in [0.1, 0.15) is 37.7 Å². The summed E-state index contributed by atoms with van der Waals surface area (Å²) in [7, 11) is -1.99. The molecule has 1 heterocycles. The molecular weight excluding hydrogens is 446 g/mol. The summed E-state index contributed by atoms with van der Waals surface area (Å²) in [6, 6.07) is 3.00. The minimum atomic E-state index is -3.49. The summed E-state index contributed by atoms with van der Waals surface area (Å²) in [4.78, 5) is 24.0. The van der Waals surface area contributed by atoms with Gasteiger partial charge in [0.1, 0.15) is 6.54 Å². The van der Waals surface area contributed by atoms with E-state index in [0.29, 0.717) is 60.4 Å². The van der Waals surface area contributed by atoms with Crippen LogP contribution in [0.15, 0.2) is 12.1 Å². The number of carbonyl (C=O) groups excluding carboxylic acids is 2. The maximum atomic E-state index is 12.4. The van der Waals surface area contributed by atoms with Crippen molar-refractivity contribution in [3.63, 3.8) is 0 Å². The van der Waals surface area contributed by atoms with Gasteiger partial charge in [-0.1, -0.05) is 24.1 Å². The number of nitrogens with one attached hydrogen (secondary N) is 2. The lowest BCUT2D eigenvalue weighted by molar-refractivity contribution is -0.118. The number of rotatable bonds is 13. The van der Waals surface area contributed by atoms with Gasteiger partial charge in [-0.3, -0.25) is 10.1 Å². The molecule has 3 amide bonds. The molecule has 172 valence electrons. The average molecular weight is 474 g/mol. The molecule has 0 spiro atoms. The summed E-state index contributed by atoms with van der Waals surface area (Å²) in [5, 5.41) is 2.64. The van der Waals surface area contributed by atoms with Crippen LogP contribution in [0.2, 0.25) is 5.02 Å². The van der Waals surface area contributed by atoms with E-state index in [0.717, 1.165) is 12.8 Å². The van der Waals surface area contributed by atoms with E-state index in [2.05, 4.69) is 10.0 Å². The number of imide groups is 1. The van der Waals surface area contributed by atoms with Gasteiger partial charge in [0.2, 0.25) is 15.9 Å². The summed E-state index contributed by atoms with van der Waals surface area (Å²) in [6.07, 6.45) is 3.99. The molecule has 1 aromatic carbocycles. The third kappa shape index (κ3) is 6.98. The monoisotopic (exact) mass is 473 g/mol. The van der Waals surface area contributed by atoms with E-state index < -0.39 is 16.1 Å². The molecule has 31 heavy (non-hydrogen) atoms. The molecule has 11 heteroatoms. The molecule has 1 aliphatic heterocycles. The number of urea groups is 1. The van der Waals surface area contributed by atoms with E-state index in [4.69, 9.17) is 21.1 Å². The summed E-state index contributed by atoms with van der Waals surface area (Å²) in [6.45, 7) is 1.13. The summed E-state index contributed by atoms with van der Waals surface area (Å²) in [5.41, 5.74) is 0.644. The fourth-order valence-corrected chi connectivity index (χ4v) is 4.56. The first-order valence-electron chi connectivity index (χ1n) is 10.3. The van der Waals surface area contributed by atoms with Crippen LogP contribution in [-0.2, 0) is 21.4 Å². The van der Waals surface area contributed by atoms with E-state index in [1.165, 1.54) is 12.0 Å². The molecule has 0 atom stereocenters. The maximum absolute atomic E-state index is 12.4. The van der Waals surface area contributed by atoms with Gasteiger partial charge in [-0.15, -0.1) is 0 Å². The largest absolute Gasteiger partial charge is 0.492 e. The minimum absolute atomic E-state index is 0.0287. The fraction of sp³-hybridized carbons (Fsp3) is 0.600. The third-order valence-corrected chi connectivity index (χ3v) is 6.91. The number of amides is 3. The fourth-order valence-electron chi connectivity index (χ4n) is 3.26. The van der Waals surface area contributed by atoms with Gasteiger partial charge >= 0.3 is 6.03 Å². The van der Waals surface area contributed by atoms with E-state index in [1.54, 1.807) is 12.1 Å². The lowest BCUT2D eigenvalue weighted by atomic mass is 10.2. The second kappa shape index (κ2) is 10.5. The molecule has 1 aromatic rings. The van der Waals surface area contributed by atoms with Crippen molar-refractivity contribution in [3.8, 4) is 11.5 Å². The number of methoxy groups -OCH3 is 1. The zero-order valence-electron chi connectivity index (χ0n) is 17.5. The first kappa shape index (κ1) is 23.6. The highest BCUT2D eigenvalue weighted by atomic mass is 35.5. The van der Waals surface area contributed by atoms with E-state index in [1.807, 2.05) is 0 Å². The highest BCUT2D eigenvalue weighted by Gasteiger charge is 2.26. The van der Waals surface area contributed by atoms with Gasteiger partial charge in [-0.2, -0.15) is 0 Å². The van der Waals surface area contributed by atoms with Crippen molar-refractivity contribution in [1.29, 1.82) is 0 Å². The quantitative estimate of drug-likeness (QED) is 0.335. The van der Waals surface area contributed by atoms with Crippen molar-refractivity contribution >= 4 is 33.6 Å². The highest BCUT2D eigenvalue weighted by Crippen LogP contribution is 2.40. The second-order valence-electron chi connectivity index (χ2n) is 7.80. The molecule has 1 aliphatic carbocycles. The van der Waals surface area contributed by atoms with Crippen molar-refractivity contribution < 1.29 is 27.5 Å². The van der Waals surface area contributed by atoms with Crippen LogP contribution in [0.3, 0.4) is 0 Å². The molecule has 1 saturated heterocycles. The predicted octanol–water partition coefficient (Wildman–Crippen LogP) is 2.28. The molecule has 2 fully saturated rings. The zero-order valence-corrected chi connectivity index (χ0v) is 19.1. The van der Waals surface area contributed by atoms with Crippen molar-refractivity contribution in [2.45, 2.75) is 38.6 Å². The zero-order chi connectivity index (χ0) is 22.4. The van der Waals surface area contributed by atoms with Crippen molar-refractivity contribution in [2.75, 3.05) is 32.6 Å². The second-order valence-corrected chi connectivity index (χ2v) is 10.1. The number of ether oxygens (including phenoxy) is 2. The maximum Gasteiger partial charge on any atom is 0.324 e. The molecule has 2 N–H and O–H groups in total. The molecule has 2 aliphatic rings. The molecule has 0 radical (unpaired) electrons. The summed E-state index contributed by atoms with van der Waals surface area (Å²) >= 11 is 6.25. The Balaban J connectivity index is 1.45. The smallest absolute Gasteiger partial charge is 0.324 e. The SMILES string of the molecule is COc1c(CNS(=O)(=O)CCCCCN2CC(=O)NC2=O)ccc(Cl)c1OCC1CC1. The molecule has 3 rings (SSSR count). The van der Waals surface area contributed by atoms with E-state index in [9.17, 15) is 18.0 Å². The molecule has 0 unspecified atom stereocenters. The number of halogens is 1. The lowest BCUT2D eigenvalue weighted by Gasteiger charge is -2.16. The molecule has 0 bridgehead atoms. The van der Waals surface area contributed by atoms with Crippen LogP contribution in [0.25, 0.3) is 0 Å². The number of nitrogens with zero attached hydrogens (tertiary/aromatic N) is 1. The van der Waals surface area contributed by atoms with Gasteiger partial charge in [0.15, 0.2) is 11.5 Å². The Hall–Kier alpha value is -2.04. The van der Waals surface area contributed by atoms with Gasteiger partial charge in [0, 0.05) is 18.7 Å². The molecular formula is C20H28ClN3O6S. The van der Waals surface area contributed by atoms with E-state index in [-0.39, 0.29) is 24.7 Å². The Labute approximate surface area is 187 Å². The van der Waals surface area contributed by atoms with E-state index >= 15 is 0 Å². The molecule has 0 aromatic heterocycles. The third-order valence-electron chi connectivity index (χ3n) is 5.20. The number of unbranched alkanes of at least 4 members (excludes halogenated alkanes) is 2. The van der Waals surface area contributed by atoms with Gasteiger partial charge in [0.25, 0.3) is 0 Å². The Morgan fingerprint density at radius 3 is 2.61 bits per heavy atom. The first-order chi connectivity index (χ1) is 14.8. The summed E-state index contributed by atoms with van der Waals surface area (Å²) in [5.74, 6) is 1.09. The normalized spacial score (nSPS) is 16.5. The number of hydrogen-bond donors (Lipinski definition) is 2. The average Bonchev–Trinajstić information content (AvgIpc) is 3.49. The van der Waals surface area contributed by atoms with Gasteiger partial charge < -0.3 is 14.4 Å². The van der Waals surface area contributed by atoms with Crippen LogP contribution >= 0.6 is 11.6 Å². The van der Waals surface area contributed by atoms with Crippen molar-refractivity contribution in [1.82, 2.24) is 14.9 Å². The standard InChI is InChI=1S/C20H28ClN3O6S/c1-29-18-15(7-8-16(21)19(18)30-13-14-5-6-14)11-22-31(27,28)10-4-2-3-9-24-12-17(25)23-20(24)26/h7-8,14,22H,2-6,9-13H2,1H3,(H,23,25,26). The van der Waals surface area contributed by atoms with Crippen molar-refractivity contribution in [2.24, 2.45) is 5.92 Å².